The van der Waals surface area contributed by atoms with Gasteiger partial charge in [-0.15, -0.1) is 0 Å². The molecule has 0 saturated carbocycles. The fourth-order valence-corrected chi connectivity index (χ4v) is 4.82. The Morgan fingerprint density at radius 1 is 1.00 bits per heavy atom. The van der Waals surface area contributed by atoms with Crippen LogP contribution in [0.15, 0.2) is 62.2 Å². The molecule has 180 valence electrons. The van der Waals surface area contributed by atoms with E-state index in [1.54, 1.807) is 38.5 Å². The molecule has 0 amide bonds. The van der Waals surface area contributed by atoms with Gasteiger partial charge in [0.05, 0.1) is 26.4 Å². The van der Waals surface area contributed by atoms with E-state index in [-0.39, 0.29) is 6.79 Å². The van der Waals surface area contributed by atoms with Gasteiger partial charge >= 0.3 is 5.63 Å². The predicted octanol–water partition coefficient (Wildman–Crippen LogP) is 5.99. The number of rotatable bonds is 6. The molecule has 0 N–H and O–H groups in total. The molecule has 35 heavy (non-hydrogen) atoms. The lowest BCUT2D eigenvalue weighted by atomic mass is 9.99. The van der Waals surface area contributed by atoms with Crippen molar-refractivity contribution in [3.63, 3.8) is 0 Å². The van der Waals surface area contributed by atoms with Crippen molar-refractivity contribution in [3.05, 3.63) is 80.1 Å². The highest BCUT2D eigenvalue weighted by Crippen LogP contribution is 2.36. The molecule has 2 heterocycles. The van der Waals surface area contributed by atoms with Crippen LogP contribution in [-0.2, 0) is 18.0 Å². The van der Waals surface area contributed by atoms with Crippen molar-refractivity contribution in [1.82, 2.24) is 0 Å². The Kier molecular flexibility index (Phi) is 6.40. The molecule has 1 aromatic heterocycles. The van der Waals surface area contributed by atoms with Crippen LogP contribution in [0.3, 0.4) is 0 Å². The van der Waals surface area contributed by atoms with E-state index < -0.39 is 5.63 Å². The van der Waals surface area contributed by atoms with Crippen molar-refractivity contribution in [2.75, 3.05) is 21.0 Å². The SMILES string of the molecule is COc1ccc(-c2c(C)c3cc(OCc4cc(Br)cc5c4OCOC5)ccc3oc2=O)cc1OC. The van der Waals surface area contributed by atoms with Gasteiger partial charge in [-0.25, -0.2) is 4.79 Å². The molecule has 1 aliphatic rings. The Hall–Kier alpha value is -3.49. The molecule has 0 saturated heterocycles. The number of halogens is 1. The van der Waals surface area contributed by atoms with Crippen molar-refractivity contribution in [3.8, 4) is 34.1 Å². The van der Waals surface area contributed by atoms with Gasteiger partial charge in [-0.3, -0.25) is 0 Å². The summed E-state index contributed by atoms with van der Waals surface area (Å²) in [5.74, 6) is 2.55. The second kappa shape index (κ2) is 9.64. The third kappa shape index (κ3) is 4.47. The van der Waals surface area contributed by atoms with Crippen molar-refractivity contribution in [2.45, 2.75) is 20.1 Å². The average molecular weight is 539 g/mol. The first kappa shape index (κ1) is 23.3. The summed E-state index contributed by atoms with van der Waals surface area (Å²) in [5, 5.41) is 0.785. The quantitative estimate of drug-likeness (QED) is 0.279. The number of benzene rings is 3. The second-order valence-corrected chi connectivity index (χ2v) is 8.99. The zero-order valence-corrected chi connectivity index (χ0v) is 21.1. The van der Waals surface area contributed by atoms with E-state index in [9.17, 15) is 4.79 Å². The smallest absolute Gasteiger partial charge is 0.344 e. The number of hydrogen-bond donors (Lipinski definition) is 0. The summed E-state index contributed by atoms with van der Waals surface area (Å²) in [6, 6.07) is 14.7. The standard InChI is InChI=1S/C27H23BrO7/c1-15-21-11-20(33-13-18-9-19(28)8-17-12-32-14-34-26(17)18)5-7-22(21)35-27(29)25(15)16-4-6-23(30-2)24(10-16)31-3/h4-11H,12-14H2,1-3H3. The van der Waals surface area contributed by atoms with Crippen molar-refractivity contribution < 1.29 is 28.1 Å². The summed E-state index contributed by atoms with van der Waals surface area (Å²) in [5.41, 5.74) is 3.89. The van der Waals surface area contributed by atoms with Crippen LogP contribution in [0, 0.1) is 6.92 Å². The van der Waals surface area contributed by atoms with Crippen molar-refractivity contribution >= 4 is 26.9 Å². The Morgan fingerprint density at radius 2 is 1.83 bits per heavy atom. The van der Waals surface area contributed by atoms with Crippen LogP contribution in [0.2, 0.25) is 0 Å². The zero-order chi connectivity index (χ0) is 24.5. The van der Waals surface area contributed by atoms with Gasteiger partial charge in [-0.2, -0.15) is 0 Å². The maximum absolute atomic E-state index is 12.9. The van der Waals surface area contributed by atoms with Crippen LogP contribution in [0.1, 0.15) is 16.7 Å². The third-order valence-corrected chi connectivity index (χ3v) is 6.41. The first-order valence-corrected chi connectivity index (χ1v) is 11.7. The lowest BCUT2D eigenvalue weighted by Gasteiger charge is -2.21. The summed E-state index contributed by atoms with van der Waals surface area (Å²) < 4.78 is 34.5. The predicted molar refractivity (Wildman–Crippen MR) is 135 cm³/mol. The van der Waals surface area contributed by atoms with Gasteiger partial charge in [-0.05, 0) is 60.5 Å². The van der Waals surface area contributed by atoms with E-state index in [2.05, 4.69) is 15.9 Å². The van der Waals surface area contributed by atoms with Gasteiger partial charge < -0.3 is 28.1 Å². The minimum Gasteiger partial charge on any atom is -0.493 e. The summed E-state index contributed by atoms with van der Waals surface area (Å²) in [6.45, 7) is 2.92. The van der Waals surface area contributed by atoms with E-state index in [0.29, 0.717) is 47.2 Å². The maximum atomic E-state index is 12.9. The van der Waals surface area contributed by atoms with E-state index in [1.165, 1.54) is 0 Å². The molecule has 0 bridgehead atoms. The minimum atomic E-state index is -0.420. The summed E-state index contributed by atoms with van der Waals surface area (Å²) in [6.07, 6.45) is 0. The number of methoxy groups -OCH3 is 2. The maximum Gasteiger partial charge on any atom is 0.344 e. The largest absolute Gasteiger partial charge is 0.493 e. The third-order valence-electron chi connectivity index (χ3n) is 5.96. The van der Waals surface area contributed by atoms with Crippen molar-refractivity contribution in [2.24, 2.45) is 0 Å². The molecule has 3 aromatic carbocycles. The lowest BCUT2D eigenvalue weighted by Crippen LogP contribution is -2.14. The van der Waals surface area contributed by atoms with E-state index >= 15 is 0 Å². The molecule has 0 fully saturated rings. The minimum absolute atomic E-state index is 0.217. The van der Waals surface area contributed by atoms with Gasteiger partial charge in [-0.1, -0.05) is 22.0 Å². The van der Waals surface area contributed by atoms with E-state index in [0.717, 1.165) is 32.3 Å². The van der Waals surface area contributed by atoms with Crippen LogP contribution < -0.4 is 24.6 Å². The van der Waals surface area contributed by atoms with Gasteiger partial charge in [0.2, 0.25) is 0 Å². The highest BCUT2D eigenvalue weighted by atomic mass is 79.9. The highest BCUT2D eigenvalue weighted by Gasteiger charge is 2.18. The van der Waals surface area contributed by atoms with Gasteiger partial charge in [0, 0.05) is 21.0 Å². The monoisotopic (exact) mass is 538 g/mol. The number of aryl methyl sites for hydroxylation is 1. The summed E-state index contributed by atoms with van der Waals surface area (Å²) >= 11 is 3.54. The molecule has 0 unspecified atom stereocenters. The molecular weight excluding hydrogens is 516 g/mol. The lowest BCUT2D eigenvalue weighted by molar-refractivity contribution is -0.0176. The zero-order valence-electron chi connectivity index (χ0n) is 19.5. The average Bonchev–Trinajstić information content (AvgIpc) is 2.87. The first-order valence-electron chi connectivity index (χ1n) is 10.9. The fourth-order valence-electron chi connectivity index (χ4n) is 4.27. The molecule has 4 aromatic rings. The number of ether oxygens (including phenoxy) is 5. The van der Waals surface area contributed by atoms with Crippen LogP contribution >= 0.6 is 15.9 Å². The van der Waals surface area contributed by atoms with Crippen LogP contribution in [0.4, 0.5) is 0 Å². The number of hydrogen-bond acceptors (Lipinski definition) is 7. The van der Waals surface area contributed by atoms with Crippen LogP contribution in [0.5, 0.6) is 23.0 Å². The molecule has 0 aliphatic carbocycles. The van der Waals surface area contributed by atoms with E-state index in [1.807, 2.05) is 31.2 Å². The molecule has 8 heteroatoms. The normalized spacial score (nSPS) is 12.7. The van der Waals surface area contributed by atoms with Crippen molar-refractivity contribution in [1.29, 1.82) is 0 Å². The molecular formula is C27H23BrO7. The van der Waals surface area contributed by atoms with Gasteiger partial charge in [0.25, 0.3) is 0 Å². The van der Waals surface area contributed by atoms with E-state index in [4.69, 9.17) is 28.1 Å². The Balaban J connectivity index is 1.50. The summed E-state index contributed by atoms with van der Waals surface area (Å²) in [7, 11) is 3.13. The highest BCUT2D eigenvalue weighted by molar-refractivity contribution is 9.10. The molecule has 0 radical (unpaired) electrons. The molecule has 0 spiro atoms. The second-order valence-electron chi connectivity index (χ2n) is 8.07. The summed E-state index contributed by atoms with van der Waals surface area (Å²) in [4.78, 5) is 12.9. The molecule has 1 aliphatic heterocycles. The topological polar surface area (TPSA) is 76.4 Å². The van der Waals surface area contributed by atoms with Crippen LogP contribution in [0.25, 0.3) is 22.1 Å². The van der Waals surface area contributed by atoms with Gasteiger partial charge in [0.15, 0.2) is 18.3 Å². The number of fused-ring (bicyclic) bond motifs is 2. The van der Waals surface area contributed by atoms with Crippen LogP contribution in [-0.4, -0.2) is 21.0 Å². The Bertz CT molecular complexity index is 1480. The molecule has 0 atom stereocenters. The Labute approximate surface area is 210 Å². The first-order chi connectivity index (χ1) is 17.0. The molecule has 5 rings (SSSR count). The van der Waals surface area contributed by atoms with Gasteiger partial charge in [0.1, 0.15) is 23.7 Å². The fraction of sp³-hybridized carbons (Fsp3) is 0.222. The Morgan fingerprint density at radius 3 is 2.63 bits per heavy atom. The molecule has 7 nitrogen and oxygen atoms in total.